The van der Waals surface area contributed by atoms with Crippen molar-refractivity contribution in [1.29, 1.82) is 0 Å². The van der Waals surface area contributed by atoms with E-state index in [0.29, 0.717) is 23.4 Å². The van der Waals surface area contributed by atoms with Gasteiger partial charge in [-0.25, -0.2) is 18.0 Å². The van der Waals surface area contributed by atoms with Crippen molar-refractivity contribution >= 4 is 68.4 Å². The minimum absolute atomic E-state index is 0.0218. The number of amides is 3. The van der Waals surface area contributed by atoms with E-state index < -0.39 is 45.7 Å². The number of rotatable bonds is 15. The third-order valence-electron chi connectivity index (χ3n) is 7.38. The lowest BCUT2D eigenvalue weighted by atomic mass is 10.0. The maximum absolute atomic E-state index is 12.8. The number of anilines is 4. The Morgan fingerprint density at radius 2 is 1.15 bits per heavy atom. The summed E-state index contributed by atoms with van der Waals surface area (Å²) in [5, 5.41) is 25.9. The number of carboxylic acids is 2. The molecule has 0 aliphatic carbocycles. The molecule has 0 bridgehead atoms. The molecule has 6 N–H and O–H groups in total. The van der Waals surface area contributed by atoms with Crippen LogP contribution in [0.15, 0.2) is 91.0 Å². The molecule has 4 aromatic rings. The number of carboxylic acid groups (broad SMARTS) is 2. The molecule has 284 valence electrons. The number of carbonyl (C=O) groups excluding carboxylic acids is 4. The normalized spacial score (nSPS) is 10.5. The van der Waals surface area contributed by atoms with Gasteiger partial charge in [0, 0.05) is 12.8 Å². The Morgan fingerprint density at radius 1 is 0.630 bits per heavy atom. The van der Waals surface area contributed by atoms with Crippen molar-refractivity contribution in [2.45, 2.75) is 39.5 Å². The van der Waals surface area contributed by atoms with Gasteiger partial charge in [-0.1, -0.05) is 55.5 Å². The number of ether oxygens (including phenoxy) is 1. The van der Waals surface area contributed by atoms with Crippen LogP contribution in [0.2, 0.25) is 0 Å². The first kappa shape index (κ1) is 41.9. The first-order valence-corrected chi connectivity index (χ1v) is 18.5. The van der Waals surface area contributed by atoms with Crippen LogP contribution in [-0.4, -0.2) is 67.1 Å². The van der Waals surface area contributed by atoms with E-state index in [2.05, 4.69) is 20.7 Å². The molecule has 16 heteroatoms. The highest BCUT2D eigenvalue weighted by atomic mass is 32.2. The number of carbonyl (C=O) groups is 6. The van der Waals surface area contributed by atoms with Gasteiger partial charge >= 0.3 is 17.9 Å². The van der Waals surface area contributed by atoms with Gasteiger partial charge in [-0.3, -0.25) is 23.9 Å². The maximum Gasteiger partial charge on any atom is 0.340 e. The molecule has 0 saturated carbocycles. The Bertz CT molecular complexity index is 2140. The molecule has 3 amide bonds. The molecule has 0 saturated heterocycles. The van der Waals surface area contributed by atoms with Crippen molar-refractivity contribution in [3.8, 4) is 0 Å². The van der Waals surface area contributed by atoms with Crippen LogP contribution in [0.5, 0.6) is 0 Å². The van der Waals surface area contributed by atoms with E-state index in [1.807, 2.05) is 6.92 Å². The van der Waals surface area contributed by atoms with Gasteiger partial charge < -0.3 is 30.9 Å². The van der Waals surface area contributed by atoms with Gasteiger partial charge in [0.05, 0.1) is 57.9 Å². The molecule has 0 unspecified atom stereocenters. The Morgan fingerprint density at radius 3 is 1.70 bits per heavy atom. The number of aromatic carboxylic acids is 1. The summed E-state index contributed by atoms with van der Waals surface area (Å²) in [6.45, 7) is 3.74. The van der Waals surface area contributed by atoms with Crippen LogP contribution >= 0.6 is 0 Å². The summed E-state index contributed by atoms with van der Waals surface area (Å²) in [5.41, 5.74) is 2.07. The maximum atomic E-state index is 12.8. The SMILES string of the molecule is CCOC(=O)c1ccccc1NC(=O)c1ccccc1NC(=O)CCCC(=O)O.CCc1cccc(C(=O)O)c1NC(=O)c1ccccc1NS(C)(=O)=O. The number of para-hydroxylation sites is 4. The van der Waals surface area contributed by atoms with Gasteiger partial charge in [-0.05, 0) is 67.8 Å². The zero-order valence-corrected chi connectivity index (χ0v) is 30.5. The fraction of sp³-hybridized carbons (Fsp3) is 0.211. The van der Waals surface area contributed by atoms with E-state index in [0.717, 1.165) is 6.26 Å². The second kappa shape index (κ2) is 19.9. The van der Waals surface area contributed by atoms with Crippen LogP contribution in [0.3, 0.4) is 0 Å². The molecule has 0 fully saturated rings. The molecule has 0 heterocycles. The minimum atomic E-state index is -3.56. The van der Waals surface area contributed by atoms with Gasteiger partial charge in [-0.15, -0.1) is 0 Å². The molecule has 15 nitrogen and oxygen atoms in total. The average molecular weight is 761 g/mol. The van der Waals surface area contributed by atoms with Crippen molar-refractivity contribution in [3.05, 3.63) is 119 Å². The molecule has 0 radical (unpaired) electrons. The molecule has 4 aromatic carbocycles. The Labute approximate surface area is 311 Å². The van der Waals surface area contributed by atoms with E-state index in [1.54, 1.807) is 73.7 Å². The largest absolute Gasteiger partial charge is 0.481 e. The summed E-state index contributed by atoms with van der Waals surface area (Å²) >= 11 is 0. The average Bonchev–Trinajstić information content (AvgIpc) is 3.11. The van der Waals surface area contributed by atoms with E-state index in [9.17, 15) is 42.3 Å². The lowest BCUT2D eigenvalue weighted by Gasteiger charge is -2.15. The van der Waals surface area contributed by atoms with Gasteiger partial charge in [0.2, 0.25) is 15.9 Å². The second-order valence-corrected chi connectivity index (χ2v) is 13.2. The summed E-state index contributed by atoms with van der Waals surface area (Å²) in [6.07, 6.45) is 1.62. The summed E-state index contributed by atoms with van der Waals surface area (Å²) in [4.78, 5) is 71.5. The molecule has 4 rings (SSSR count). The van der Waals surface area contributed by atoms with E-state index in [-0.39, 0.29) is 59.5 Å². The van der Waals surface area contributed by atoms with Gasteiger partial charge in [0.1, 0.15) is 0 Å². The molecular formula is C38H40N4O11S. The van der Waals surface area contributed by atoms with Crippen LogP contribution in [0, 0.1) is 0 Å². The van der Waals surface area contributed by atoms with Crippen LogP contribution in [0.1, 0.15) is 80.1 Å². The number of benzene rings is 4. The van der Waals surface area contributed by atoms with Crippen LogP contribution in [-0.2, 0) is 30.8 Å². The summed E-state index contributed by atoms with van der Waals surface area (Å²) in [5.74, 6) is -4.19. The van der Waals surface area contributed by atoms with Crippen molar-refractivity contribution in [2.24, 2.45) is 0 Å². The topological polar surface area (TPSA) is 234 Å². The fourth-order valence-electron chi connectivity index (χ4n) is 4.94. The molecule has 54 heavy (non-hydrogen) atoms. The third kappa shape index (κ3) is 12.6. The Kier molecular flexibility index (Phi) is 15.4. The smallest absolute Gasteiger partial charge is 0.340 e. The highest BCUT2D eigenvalue weighted by molar-refractivity contribution is 7.92. The van der Waals surface area contributed by atoms with E-state index in [4.69, 9.17) is 9.84 Å². The highest BCUT2D eigenvalue weighted by Gasteiger charge is 2.20. The Balaban J connectivity index is 0.000000294. The Hall–Kier alpha value is -6.55. The first-order chi connectivity index (χ1) is 25.6. The number of hydrogen-bond acceptors (Lipinski definition) is 9. The van der Waals surface area contributed by atoms with Gasteiger partial charge in [0.15, 0.2) is 0 Å². The molecule has 0 aliphatic heterocycles. The number of esters is 1. The molecule has 0 spiro atoms. The van der Waals surface area contributed by atoms with Crippen LogP contribution in [0.25, 0.3) is 0 Å². The van der Waals surface area contributed by atoms with Gasteiger partial charge in [-0.2, -0.15) is 0 Å². The standard InChI is InChI=1S/C21H22N2O6.C17H18N2O5S/c1-2-29-21(28)15-9-4-6-11-17(15)23-20(27)14-8-3-5-10-16(14)22-18(24)12-7-13-19(25)26;1-3-11-7-6-9-13(17(21)22)15(11)18-16(20)12-8-4-5-10-14(12)19-25(2,23)24/h3-6,8-11H,2,7,12-13H2,1H3,(H,22,24)(H,23,27)(H,25,26);4-10,19H,3H2,1-2H3,(H,18,20)(H,21,22). The van der Waals surface area contributed by atoms with E-state index in [1.165, 1.54) is 24.3 Å². The molecular weight excluding hydrogens is 721 g/mol. The van der Waals surface area contributed by atoms with Crippen molar-refractivity contribution < 1.29 is 52.1 Å². The summed E-state index contributed by atoms with van der Waals surface area (Å²) in [7, 11) is -3.56. The van der Waals surface area contributed by atoms with Gasteiger partial charge in [0.25, 0.3) is 11.8 Å². The van der Waals surface area contributed by atoms with Crippen LogP contribution in [0.4, 0.5) is 22.7 Å². The monoisotopic (exact) mass is 760 g/mol. The van der Waals surface area contributed by atoms with Crippen molar-refractivity contribution in [2.75, 3.05) is 33.5 Å². The lowest BCUT2D eigenvalue weighted by molar-refractivity contribution is -0.137. The quantitative estimate of drug-likeness (QED) is 0.0783. The zero-order valence-electron chi connectivity index (χ0n) is 29.7. The minimum Gasteiger partial charge on any atom is -0.481 e. The predicted molar refractivity (Wildman–Crippen MR) is 203 cm³/mol. The van der Waals surface area contributed by atoms with Crippen molar-refractivity contribution in [3.63, 3.8) is 0 Å². The summed E-state index contributed by atoms with van der Waals surface area (Å²) < 4.78 is 30.2. The molecule has 0 aromatic heterocycles. The summed E-state index contributed by atoms with van der Waals surface area (Å²) in [6, 6.07) is 23.7. The number of hydrogen-bond donors (Lipinski definition) is 6. The number of aryl methyl sites for hydroxylation is 1. The molecule has 0 aliphatic rings. The third-order valence-corrected chi connectivity index (χ3v) is 7.97. The lowest BCUT2D eigenvalue weighted by Crippen LogP contribution is -2.19. The highest BCUT2D eigenvalue weighted by Crippen LogP contribution is 2.25. The predicted octanol–water partition coefficient (Wildman–Crippen LogP) is 5.88. The zero-order chi connectivity index (χ0) is 39.8. The fourth-order valence-corrected chi connectivity index (χ4v) is 5.52. The first-order valence-electron chi connectivity index (χ1n) is 16.6. The number of nitrogens with one attached hydrogen (secondary N) is 4. The number of aliphatic carboxylic acids is 1. The van der Waals surface area contributed by atoms with Crippen LogP contribution < -0.4 is 20.7 Å². The van der Waals surface area contributed by atoms with Crippen molar-refractivity contribution in [1.82, 2.24) is 0 Å². The number of sulfonamides is 1. The van der Waals surface area contributed by atoms with E-state index >= 15 is 0 Å². The second-order valence-electron chi connectivity index (χ2n) is 11.4. The molecule has 0 atom stereocenters.